The fourth-order valence-electron chi connectivity index (χ4n) is 1.52. The standard InChI is InChI=1S/C12H11Br2FN2S/c13-8-5-10(16)11(6-9(8)15)17-4-3-7-1-2-12(14)18-7/h1-2,5-6,17H,3-4,16H2. The SMILES string of the molecule is Nc1cc(Br)c(F)cc1NCCc1ccc(Br)s1. The molecule has 0 spiro atoms. The van der Waals surface area contributed by atoms with Crippen molar-refractivity contribution in [2.24, 2.45) is 0 Å². The van der Waals surface area contributed by atoms with E-state index in [2.05, 4.69) is 43.2 Å². The van der Waals surface area contributed by atoms with Gasteiger partial charge in [-0.05, 0) is 56.5 Å². The summed E-state index contributed by atoms with van der Waals surface area (Å²) >= 11 is 8.22. The molecule has 0 atom stereocenters. The lowest BCUT2D eigenvalue weighted by atomic mass is 10.2. The molecule has 2 nitrogen and oxygen atoms in total. The zero-order valence-corrected chi connectivity index (χ0v) is 13.3. The lowest BCUT2D eigenvalue weighted by Crippen LogP contribution is -2.06. The van der Waals surface area contributed by atoms with Crippen LogP contribution in [0.3, 0.4) is 0 Å². The smallest absolute Gasteiger partial charge is 0.139 e. The van der Waals surface area contributed by atoms with Gasteiger partial charge in [0, 0.05) is 17.5 Å². The van der Waals surface area contributed by atoms with Gasteiger partial charge in [0.1, 0.15) is 5.82 Å². The van der Waals surface area contributed by atoms with E-state index in [0.717, 1.165) is 16.8 Å². The van der Waals surface area contributed by atoms with E-state index in [1.807, 2.05) is 6.07 Å². The first kappa shape index (κ1) is 13.8. The molecule has 0 aliphatic carbocycles. The molecular formula is C12H11Br2FN2S. The minimum absolute atomic E-state index is 0.314. The molecule has 1 aromatic heterocycles. The molecule has 3 N–H and O–H groups in total. The van der Waals surface area contributed by atoms with Crippen molar-refractivity contribution in [3.63, 3.8) is 0 Å². The predicted octanol–water partition coefficient (Wildman–Crippen LogP) is 4.65. The molecule has 0 aliphatic heterocycles. The van der Waals surface area contributed by atoms with Crippen LogP contribution in [0.5, 0.6) is 0 Å². The average Bonchev–Trinajstić information content (AvgIpc) is 2.71. The molecule has 0 unspecified atom stereocenters. The first-order valence-corrected chi connectivity index (χ1v) is 7.69. The highest BCUT2D eigenvalue weighted by atomic mass is 79.9. The zero-order chi connectivity index (χ0) is 13.1. The van der Waals surface area contributed by atoms with Gasteiger partial charge in [0.25, 0.3) is 0 Å². The van der Waals surface area contributed by atoms with Gasteiger partial charge in [-0.15, -0.1) is 11.3 Å². The minimum Gasteiger partial charge on any atom is -0.397 e. The van der Waals surface area contributed by atoms with Crippen molar-refractivity contribution in [1.82, 2.24) is 0 Å². The van der Waals surface area contributed by atoms with E-state index >= 15 is 0 Å². The Hall–Kier alpha value is -0.590. The maximum absolute atomic E-state index is 13.4. The molecular weight excluding hydrogens is 383 g/mol. The van der Waals surface area contributed by atoms with Gasteiger partial charge >= 0.3 is 0 Å². The highest BCUT2D eigenvalue weighted by molar-refractivity contribution is 9.11. The van der Waals surface area contributed by atoms with E-state index in [1.54, 1.807) is 17.4 Å². The Labute approximate surface area is 126 Å². The number of anilines is 2. The number of nitrogens with one attached hydrogen (secondary N) is 1. The Balaban J connectivity index is 1.96. The minimum atomic E-state index is -0.314. The van der Waals surface area contributed by atoms with Crippen LogP contribution in [-0.4, -0.2) is 6.54 Å². The van der Waals surface area contributed by atoms with Gasteiger partial charge < -0.3 is 11.1 Å². The lowest BCUT2D eigenvalue weighted by molar-refractivity contribution is 0.622. The first-order valence-electron chi connectivity index (χ1n) is 5.29. The van der Waals surface area contributed by atoms with E-state index in [9.17, 15) is 4.39 Å². The van der Waals surface area contributed by atoms with Crippen LogP contribution in [0.25, 0.3) is 0 Å². The summed E-state index contributed by atoms with van der Waals surface area (Å²) in [4.78, 5) is 1.27. The summed E-state index contributed by atoms with van der Waals surface area (Å²) in [6.07, 6.45) is 0.882. The summed E-state index contributed by atoms with van der Waals surface area (Å²) in [7, 11) is 0. The molecule has 2 rings (SSSR count). The molecule has 6 heteroatoms. The fraction of sp³-hybridized carbons (Fsp3) is 0.167. The lowest BCUT2D eigenvalue weighted by Gasteiger charge is -2.09. The van der Waals surface area contributed by atoms with Crippen molar-refractivity contribution < 1.29 is 4.39 Å². The van der Waals surface area contributed by atoms with E-state index in [1.165, 1.54) is 10.9 Å². The third kappa shape index (κ3) is 3.46. The second-order valence-corrected chi connectivity index (χ2v) is 7.14. The van der Waals surface area contributed by atoms with E-state index < -0.39 is 0 Å². The second-order valence-electron chi connectivity index (χ2n) is 3.74. The molecule has 0 fully saturated rings. The fourth-order valence-corrected chi connectivity index (χ4v) is 3.37. The molecule has 1 aromatic carbocycles. The van der Waals surface area contributed by atoms with Crippen LogP contribution in [0, 0.1) is 5.82 Å². The summed E-state index contributed by atoms with van der Waals surface area (Å²) in [6, 6.07) is 7.07. The van der Waals surface area contributed by atoms with Crippen LogP contribution in [0.1, 0.15) is 4.88 Å². The average molecular weight is 394 g/mol. The number of benzene rings is 1. The monoisotopic (exact) mass is 392 g/mol. The van der Waals surface area contributed by atoms with Gasteiger partial charge in [-0.2, -0.15) is 0 Å². The molecule has 18 heavy (non-hydrogen) atoms. The van der Waals surface area contributed by atoms with Gasteiger partial charge in [0.15, 0.2) is 0 Å². The maximum Gasteiger partial charge on any atom is 0.139 e. The largest absolute Gasteiger partial charge is 0.397 e. The Morgan fingerprint density at radius 3 is 2.72 bits per heavy atom. The van der Waals surface area contributed by atoms with Crippen LogP contribution in [0.4, 0.5) is 15.8 Å². The summed E-state index contributed by atoms with van der Waals surface area (Å²) in [5.74, 6) is -0.314. The molecule has 1 heterocycles. The van der Waals surface area contributed by atoms with Crippen molar-refractivity contribution in [3.8, 4) is 0 Å². The molecule has 0 saturated carbocycles. The van der Waals surface area contributed by atoms with Gasteiger partial charge in [0.05, 0.1) is 19.6 Å². The second kappa shape index (κ2) is 6.04. The predicted molar refractivity (Wildman–Crippen MR) is 82.7 cm³/mol. The zero-order valence-electron chi connectivity index (χ0n) is 9.34. The summed E-state index contributed by atoms with van der Waals surface area (Å²) in [5, 5.41) is 3.14. The molecule has 0 amide bonds. The Bertz CT molecular complexity index is 557. The maximum atomic E-state index is 13.4. The molecule has 96 valence electrons. The van der Waals surface area contributed by atoms with Crippen molar-refractivity contribution in [1.29, 1.82) is 0 Å². The van der Waals surface area contributed by atoms with Crippen LogP contribution < -0.4 is 11.1 Å². The number of halogens is 3. The summed E-state index contributed by atoms with van der Waals surface area (Å²) < 4.78 is 14.9. The highest BCUT2D eigenvalue weighted by Crippen LogP contribution is 2.27. The third-order valence-corrected chi connectivity index (χ3v) is 4.70. The van der Waals surface area contributed by atoms with Crippen LogP contribution in [0.2, 0.25) is 0 Å². The van der Waals surface area contributed by atoms with Crippen molar-refractivity contribution in [2.75, 3.05) is 17.6 Å². The third-order valence-electron chi connectivity index (χ3n) is 2.41. The summed E-state index contributed by atoms with van der Waals surface area (Å²) in [5.41, 5.74) is 6.98. The van der Waals surface area contributed by atoms with Crippen molar-refractivity contribution in [3.05, 3.63) is 43.2 Å². The number of rotatable bonds is 4. The Kier molecular flexibility index (Phi) is 4.64. The quantitative estimate of drug-likeness (QED) is 0.742. The van der Waals surface area contributed by atoms with Gasteiger partial charge in [-0.25, -0.2) is 4.39 Å². The summed E-state index contributed by atoms with van der Waals surface area (Å²) in [6.45, 7) is 0.720. The molecule has 2 aromatic rings. The van der Waals surface area contributed by atoms with Crippen molar-refractivity contribution >= 4 is 54.6 Å². The topological polar surface area (TPSA) is 38.0 Å². The van der Waals surface area contributed by atoms with Gasteiger partial charge in [0.2, 0.25) is 0 Å². The van der Waals surface area contributed by atoms with Crippen LogP contribution in [-0.2, 0) is 6.42 Å². The number of hydrogen-bond donors (Lipinski definition) is 2. The number of nitrogen functional groups attached to an aromatic ring is 1. The Morgan fingerprint density at radius 1 is 1.28 bits per heavy atom. The number of nitrogens with two attached hydrogens (primary N) is 1. The van der Waals surface area contributed by atoms with E-state index in [4.69, 9.17) is 5.73 Å². The molecule has 0 bridgehead atoms. The number of hydrogen-bond acceptors (Lipinski definition) is 3. The van der Waals surface area contributed by atoms with Gasteiger partial charge in [-0.3, -0.25) is 0 Å². The Morgan fingerprint density at radius 2 is 2.06 bits per heavy atom. The van der Waals surface area contributed by atoms with Gasteiger partial charge in [-0.1, -0.05) is 0 Å². The number of thiophene rings is 1. The van der Waals surface area contributed by atoms with E-state index in [0.29, 0.717) is 15.8 Å². The van der Waals surface area contributed by atoms with E-state index in [-0.39, 0.29) is 5.82 Å². The molecule has 0 radical (unpaired) electrons. The highest BCUT2D eigenvalue weighted by Gasteiger charge is 2.05. The van der Waals surface area contributed by atoms with Crippen LogP contribution in [0.15, 0.2) is 32.5 Å². The first-order chi connectivity index (χ1) is 8.56. The molecule has 0 aliphatic rings. The normalized spacial score (nSPS) is 10.6. The molecule has 0 saturated heterocycles. The van der Waals surface area contributed by atoms with Crippen LogP contribution >= 0.6 is 43.2 Å². The van der Waals surface area contributed by atoms with Crippen molar-refractivity contribution in [2.45, 2.75) is 6.42 Å².